The average Bonchev–Trinajstić information content (AvgIpc) is 1.98. The van der Waals surface area contributed by atoms with E-state index in [9.17, 15) is 47.9 Å². The summed E-state index contributed by atoms with van der Waals surface area (Å²) >= 11 is 0. The molecule has 0 fully saturated rings. The number of rotatable bonds is 3. The Kier molecular flexibility index (Phi) is 5.48. The summed E-state index contributed by atoms with van der Waals surface area (Å²) < 4.78 is 134. The topological polar surface area (TPSA) is 54.4 Å². The van der Waals surface area contributed by atoms with E-state index >= 15 is 0 Å². The van der Waals surface area contributed by atoms with Crippen molar-refractivity contribution in [3.8, 4) is 0 Å². The molecule has 0 saturated heterocycles. The van der Waals surface area contributed by atoms with Gasteiger partial charge in [-0.1, -0.05) is 0 Å². The quantitative estimate of drug-likeness (QED) is 0.443. The van der Waals surface area contributed by atoms with E-state index in [-0.39, 0.29) is 22.4 Å². The van der Waals surface area contributed by atoms with Gasteiger partial charge in [-0.05, 0) is 0 Å². The Hall–Kier alpha value is 0.0203. The Morgan fingerprint density at radius 1 is 0.722 bits per heavy atom. The predicted octanol–water partition coefficient (Wildman–Crippen LogP) is 2.30. The fraction of sp³-hybridized carbons (Fsp3) is 1.00. The summed E-state index contributed by atoms with van der Waals surface area (Å²) in [4.78, 5) is 0. The molecule has 1 N–H and O–H groups in total. The third-order valence-electron chi connectivity index (χ3n) is 1.44. The van der Waals surface area contributed by atoms with Crippen LogP contribution in [0.2, 0.25) is 0 Å². The van der Waals surface area contributed by atoms with Crippen molar-refractivity contribution < 1.29 is 74.9 Å². The van der Waals surface area contributed by atoms with Crippen LogP contribution in [0.3, 0.4) is 0 Å². The van der Waals surface area contributed by atoms with Gasteiger partial charge < -0.3 is 0 Å². The van der Waals surface area contributed by atoms with E-state index in [2.05, 4.69) is 0 Å². The molecular formula is C4HAgF9O3S. The molecule has 0 amide bonds. The Morgan fingerprint density at radius 3 is 1.17 bits per heavy atom. The van der Waals surface area contributed by atoms with Crippen LogP contribution in [-0.4, -0.2) is 36.2 Å². The zero-order valence-corrected chi connectivity index (χ0v) is 9.67. The molecule has 1 radical (unpaired) electrons. The van der Waals surface area contributed by atoms with Gasteiger partial charge in [0.05, 0.1) is 0 Å². The minimum absolute atomic E-state index is 0. The summed E-state index contributed by atoms with van der Waals surface area (Å²) in [5.41, 5.74) is 0. The maximum Gasteiger partial charge on any atom is 0.460 e. The average molecular weight is 408 g/mol. The zero-order chi connectivity index (χ0) is 14.5. The third kappa shape index (κ3) is 2.79. The molecule has 18 heavy (non-hydrogen) atoms. The second-order valence-corrected chi connectivity index (χ2v) is 4.10. The first-order valence-corrected chi connectivity index (χ1v) is 4.61. The second kappa shape index (κ2) is 4.85. The molecule has 0 unspecified atom stereocenters. The van der Waals surface area contributed by atoms with Gasteiger partial charge in [0.1, 0.15) is 0 Å². The molecule has 0 aromatic rings. The van der Waals surface area contributed by atoms with Crippen LogP contribution in [0.1, 0.15) is 0 Å². The van der Waals surface area contributed by atoms with Gasteiger partial charge in [-0.3, -0.25) is 4.55 Å². The molecule has 0 rings (SSSR count). The van der Waals surface area contributed by atoms with Crippen molar-refractivity contribution in [1.29, 1.82) is 0 Å². The van der Waals surface area contributed by atoms with Gasteiger partial charge in [-0.15, -0.1) is 0 Å². The van der Waals surface area contributed by atoms with Gasteiger partial charge in [-0.2, -0.15) is 47.9 Å². The van der Waals surface area contributed by atoms with E-state index in [4.69, 9.17) is 4.55 Å². The van der Waals surface area contributed by atoms with Crippen molar-refractivity contribution in [3.63, 3.8) is 0 Å². The molecule has 0 saturated carbocycles. The fourth-order valence-electron chi connectivity index (χ4n) is 0.523. The number of hydrogen-bond acceptors (Lipinski definition) is 2. The van der Waals surface area contributed by atoms with Crippen LogP contribution >= 0.6 is 0 Å². The summed E-state index contributed by atoms with van der Waals surface area (Å²) in [7, 11) is -7.17. The van der Waals surface area contributed by atoms with Crippen molar-refractivity contribution in [2.45, 2.75) is 23.3 Å². The molecule has 0 heterocycles. The van der Waals surface area contributed by atoms with Crippen molar-refractivity contribution in [2.24, 2.45) is 0 Å². The summed E-state index contributed by atoms with van der Waals surface area (Å²) in [5, 5.41) is -7.00. The molecule has 0 aromatic heterocycles. The summed E-state index contributed by atoms with van der Waals surface area (Å²) in [6.45, 7) is 0. The van der Waals surface area contributed by atoms with E-state index in [0.29, 0.717) is 0 Å². The first kappa shape index (κ1) is 20.3. The molecule has 14 heteroatoms. The normalized spacial score (nSPS) is 15.2. The van der Waals surface area contributed by atoms with Crippen LogP contribution in [0, 0.1) is 0 Å². The van der Waals surface area contributed by atoms with Crippen molar-refractivity contribution in [1.82, 2.24) is 0 Å². The van der Waals surface area contributed by atoms with Crippen LogP contribution < -0.4 is 0 Å². The van der Waals surface area contributed by atoms with Crippen LogP contribution in [0.15, 0.2) is 0 Å². The van der Waals surface area contributed by atoms with E-state index in [1.807, 2.05) is 0 Å². The smallest absolute Gasteiger partial charge is 0.281 e. The maximum absolute atomic E-state index is 12.2. The van der Waals surface area contributed by atoms with Crippen LogP contribution in [-0.2, 0) is 32.5 Å². The number of alkyl halides is 9. The maximum atomic E-state index is 12.2. The molecule has 115 valence electrons. The minimum atomic E-state index is -7.37. The molecule has 0 atom stereocenters. The second-order valence-electron chi connectivity index (χ2n) is 2.64. The number of halogens is 9. The summed E-state index contributed by atoms with van der Waals surface area (Å²) in [5.74, 6) is -14.7. The molecule has 0 aliphatic rings. The molecule has 0 spiro atoms. The van der Waals surface area contributed by atoms with Gasteiger partial charge in [0.15, 0.2) is 0 Å². The summed E-state index contributed by atoms with van der Waals surface area (Å²) in [6.07, 6.45) is -7.13. The van der Waals surface area contributed by atoms with Gasteiger partial charge in [-0.25, -0.2) is 0 Å². The molecule has 0 aliphatic carbocycles. The van der Waals surface area contributed by atoms with Crippen molar-refractivity contribution in [3.05, 3.63) is 0 Å². The summed E-state index contributed by atoms with van der Waals surface area (Å²) in [6, 6.07) is 0. The first-order chi connectivity index (χ1) is 7.00. The van der Waals surface area contributed by atoms with Crippen molar-refractivity contribution in [2.75, 3.05) is 0 Å². The van der Waals surface area contributed by atoms with Crippen LogP contribution in [0.5, 0.6) is 0 Å². The van der Waals surface area contributed by atoms with E-state index in [1.165, 1.54) is 0 Å². The van der Waals surface area contributed by atoms with Crippen LogP contribution in [0.4, 0.5) is 39.5 Å². The zero-order valence-electron chi connectivity index (χ0n) is 7.38. The van der Waals surface area contributed by atoms with E-state index in [0.717, 1.165) is 0 Å². The monoisotopic (exact) mass is 407 g/mol. The fourth-order valence-corrected chi connectivity index (χ4v) is 0.975. The SMILES string of the molecule is O=S(=O)(O)C(F)(F)C(F)(F)C(F)(F)C(F)(F)F.[Ag]. The Balaban J connectivity index is 0. The molecular weight excluding hydrogens is 407 g/mol. The minimum Gasteiger partial charge on any atom is -0.281 e. The molecule has 0 aromatic carbocycles. The molecule has 0 aliphatic heterocycles. The van der Waals surface area contributed by atoms with Gasteiger partial charge in [0.2, 0.25) is 0 Å². The largest absolute Gasteiger partial charge is 0.460 e. The molecule has 0 bridgehead atoms. The van der Waals surface area contributed by atoms with Crippen LogP contribution in [0.25, 0.3) is 0 Å². The Bertz CT molecular complexity index is 399. The first-order valence-electron chi connectivity index (χ1n) is 3.17. The van der Waals surface area contributed by atoms with E-state index in [1.54, 1.807) is 0 Å². The Labute approximate surface area is 109 Å². The van der Waals surface area contributed by atoms with E-state index < -0.39 is 33.4 Å². The predicted molar refractivity (Wildman–Crippen MR) is 32.4 cm³/mol. The third-order valence-corrected chi connectivity index (χ3v) is 2.34. The van der Waals surface area contributed by atoms with Gasteiger partial charge in [0.25, 0.3) is 0 Å². The van der Waals surface area contributed by atoms with Gasteiger partial charge >= 0.3 is 33.4 Å². The number of hydrogen-bond donors (Lipinski definition) is 1. The Morgan fingerprint density at radius 2 is 1.00 bits per heavy atom. The van der Waals surface area contributed by atoms with Crippen molar-refractivity contribution >= 4 is 10.1 Å². The van der Waals surface area contributed by atoms with Gasteiger partial charge in [0, 0.05) is 22.4 Å². The molecule has 3 nitrogen and oxygen atoms in total. The standard InChI is InChI=1S/C4HF9O3S.Ag/c5-1(6,3(9,10)11)2(7,8)4(12,13)17(14,15)16;/h(H,14,15,16);.